The van der Waals surface area contributed by atoms with Crippen molar-refractivity contribution in [3.63, 3.8) is 0 Å². The summed E-state index contributed by atoms with van der Waals surface area (Å²) in [6.45, 7) is 0.300. The molecular formula is C24H22N6O3S. The Morgan fingerprint density at radius 3 is 2.76 bits per heavy atom. The highest BCUT2D eigenvalue weighted by atomic mass is 32.2. The maximum absolute atomic E-state index is 11.4. The fourth-order valence-corrected chi connectivity index (χ4v) is 4.68. The van der Waals surface area contributed by atoms with Gasteiger partial charge >= 0.3 is 0 Å². The molecule has 5 N–H and O–H groups in total. The van der Waals surface area contributed by atoms with Gasteiger partial charge in [-0.25, -0.2) is 4.98 Å². The summed E-state index contributed by atoms with van der Waals surface area (Å²) < 4.78 is 6.63. The summed E-state index contributed by atoms with van der Waals surface area (Å²) in [6.07, 6.45) is 1.43. The van der Waals surface area contributed by atoms with E-state index in [-0.39, 0.29) is 37.0 Å². The van der Waals surface area contributed by atoms with E-state index in [0.29, 0.717) is 5.65 Å². The van der Waals surface area contributed by atoms with Crippen molar-refractivity contribution in [3.05, 3.63) is 77.3 Å². The normalized spacial score (nSPS) is 11.9. The Morgan fingerprint density at radius 2 is 1.88 bits per heavy atom. The van der Waals surface area contributed by atoms with Gasteiger partial charge < -0.3 is 20.9 Å². The quantitative estimate of drug-likeness (QED) is 0.284. The minimum Gasteiger partial charge on any atom is -0.394 e. The first-order chi connectivity index (χ1) is 16.6. The number of aliphatic hydroxyl groups is 1. The Bertz CT molecular complexity index is 1530. The second-order valence-corrected chi connectivity index (χ2v) is 8.57. The third-order valence-electron chi connectivity index (χ3n) is 5.22. The van der Waals surface area contributed by atoms with Crippen LogP contribution in [0.5, 0.6) is 0 Å². The molecule has 0 radical (unpaired) electrons. The molecule has 0 saturated carbocycles. The number of nitrogens with two attached hydrogens (primary N) is 1. The van der Waals surface area contributed by atoms with E-state index < -0.39 is 0 Å². The molecule has 0 spiro atoms. The van der Waals surface area contributed by atoms with Gasteiger partial charge in [-0.3, -0.25) is 14.3 Å². The Hall–Kier alpha value is -3.86. The lowest BCUT2D eigenvalue weighted by atomic mass is 10.1. The molecule has 6 rings (SSSR count). The zero-order valence-corrected chi connectivity index (χ0v) is 18.9. The summed E-state index contributed by atoms with van der Waals surface area (Å²) >= 11 is 1.83. The number of rotatable bonds is 4. The van der Waals surface area contributed by atoms with Gasteiger partial charge in [0, 0.05) is 15.2 Å². The van der Waals surface area contributed by atoms with Gasteiger partial charge in [0.25, 0.3) is 5.56 Å². The van der Waals surface area contributed by atoms with Gasteiger partial charge in [0.1, 0.15) is 6.73 Å². The zero-order valence-electron chi connectivity index (χ0n) is 18.1. The van der Waals surface area contributed by atoms with Crippen LogP contribution in [-0.2, 0) is 11.5 Å². The first-order valence-corrected chi connectivity index (χ1v) is 11.4. The summed E-state index contributed by atoms with van der Waals surface area (Å²) in [4.78, 5) is 24.2. The molecule has 5 aromatic rings. The second kappa shape index (κ2) is 9.56. The van der Waals surface area contributed by atoms with E-state index in [4.69, 9.17) is 15.6 Å². The summed E-state index contributed by atoms with van der Waals surface area (Å²) in [6, 6.07) is 21.3. The number of aliphatic hydroxyl groups excluding tert-OH is 1. The molecule has 1 aliphatic heterocycles. The van der Waals surface area contributed by atoms with Crippen molar-refractivity contribution in [2.75, 3.05) is 24.3 Å². The van der Waals surface area contributed by atoms with Crippen LogP contribution in [0.15, 0.2) is 81.6 Å². The number of H-pyrrole nitrogens is 1. The van der Waals surface area contributed by atoms with Crippen LogP contribution < -0.4 is 16.6 Å². The molecule has 0 bridgehead atoms. The molecule has 9 nitrogen and oxygen atoms in total. The third kappa shape index (κ3) is 4.34. The van der Waals surface area contributed by atoms with E-state index >= 15 is 0 Å². The van der Waals surface area contributed by atoms with E-state index in [1.807, 2.05) is 11.8 Å². The fourth-order valence-electron chi connectivity index (χ4n) is 3.67. The number of hydrogen-bond donors (Lipinski definition) is 4. The van der Waals surface area contributed by atoms with E-state index in [2.05, 4.69) is 80.9 Å². The number of hydrogen-bond acceptors (Lipinski definition) is 8. The Balaban J connectivity index is 0.000000143. The number of aromatic amines is 1. The first kappa shape index (κ1) is 22.0. The minimum absolute atomic E-state index is 0.0291. The number of fused-ring (bicyclic) bond motifs is 5. The topological polar surface area (TPSA) is 131 Å². The van der Waals surface area contributed by atoms with Crippen LogP contribution in [0.1, 0.15) is 0 Å². The SMILES string of the molecule is Nc1nc2c(ncn2COCCO)c(=O)[nH]1.c1ccc2c(c1)Nc1c(ccc3ccccc13)S2. The van der Waals surface area contributed by atoms with Crippen molar-refractivity contribution in [1.82, 2.24) is 19.5 Å². The third-order valence-corrected chi connectivity index (χ3v) is 6.35. The predicted octanol–water partition coefficient (Wildman–Crippen LogP) is 3.72. The molecule has 1 aliphatic rings. The monoisotopic (exact) mass is 474 g/mol. The number of anilines is 3. The summed E-state index contributed by atoms with van der Waals surface area (Å²) in [5.74, 6) is 0.0291. The molecule has 2 aromatic heterocycles. The van der Waals surface area contributed by atoms with Crippen molar-refractivity contribution in [3.8, 4) is 0 Å². The molecule has 0 saturated heterocycles. The van der Waals surface area contributed by atoms with Crippen LogP contribution >= 0.6 is 11.8 Å². The second-order valence-electron chi connectivity index (χ2n) is 7.48. The van der Waals surface area contributed by atoms with Crippen LogP contribution in [0.2, 0.25) is 0 Å². The highest BCUT2D eigenvalue weighted by Gasteiger charge is 2.16. The lowest BCUT2D eigenvalue weighted by Crippen LogP contribution is -2.13. The first-order valence-electron chi connectivity index (χ1n) is 10.6. The van der Waals surface area contributed by atoms with Gasteiger partial charge in [-0.15, -0.1) is 0 Å². The molecule has 0 aliphatic carbocycles. The van der Waals surface area contributed by atoms with Crippen molar-refractivity contribution in [2.45, 2.75) is 16.5 Å². The van der Waals surface area contributed by atoms with Gasteiger partial charge in [-0.1, -0.05) is 54.2 Å². The minimum atomic E-state index is -0.386. The average Bonchev–Trinajstić information content (AvgIpc) is 3.26. The van der Waals surface area contributed by atoms with Crippen molar-refractivity contribution in [2.24, 2.45) is 0 Å². The number of ether oxygens (including phenoxy) is 1. The number of aromatic nitrogens is 4. The summed E-state index contributed by atoms with van der Waals surface area (Å²) in [5.41, 5.74) is 8.04. The average molecular weight is 475 g/mol. The number of nitrogen functional groups attached to an aromatic ring is 1. The van der Waals surface area contributed by atoms with E-state index in [9.17, 15) is 4.79 Å². The molecule has 0 fully saturated rings. The Morgan fingerprint density at radius 1 is 1.06 bits per heavy atom. The Labute approximate surface area is 198 Å². The van der Waals surface area contributed by atoms with Crippen LogP contribution in [-0.4, -0.2) is 37.8 Å². The van der Waals surface area contributed by atoms with Crippen LogP contribution in [0.25, 0.3) is 21.9 Å². The molecule has 34 heavy (non-hydrogen) atoms. The molecule has 172 valence electrons. The van der Waals surface area contributed by atoms with Crippen LogP contribution in [0.3, 0.4) is 0 Å². The number of benzene rings is 3. The van der Waals surface area contributed by atoms with Gasteiger partial charge in [-0.05, 0) is 23.6 Å². The van der Waals surface area contributed by atoms with Crippen molar-refractivity contribution in [1.29, 1.82) is 0 Å². The lowest BCUT2D eigenvalue weighted by Gasteiger charge is -2.22. The summed E-state index contributed by atoms with van der Waals surface area (Å²) in [5, 5.41) is 14.7. The maximum Gasteiger partial charge on any atom is 0.280 e. The van der Waals surface area contributed by atoms with Crippen LogP contribution in [0, 0.1) is 0 Å². The maximum atomic E-state index is 11.4. The smallest absolute Gasteiger partial charge is 0.280 e. The van der Waals surface area contributed by atoms with Gasteiger partial charge in [0.15, 0.2) is 11.2 Å². The van der Waals surface area contributed by atoms with E-state index in [1.165, 1.54) is 42.8 Å². The van der Waals surface area contributed by atoms with E-state index in [1.54, 1.807) is 0 Å². The molecular weight excluding hydrogens is 452 g/mol. The molecule has 3 aromatic carbocycles. The number of imidazole rings is 1. The van der Waals surface area contributed by atoms with E-state index in [0.717, 1.165) is 0 Å². The van der Waals surface area contributed by atoms with Gasteiger partial charge in [0.2, 0.25) is 5.95 Å². The fraction of sp³-hybridized carbons (Fsp3) is 0.125. The largest absolute Gasteiger partial charge is 0.394 e. The highest BCUT2D eigenvalue weighted by Crippen LogP contribution is 2.46. The molecule has 0 unspecified atom stereocenters. The molecule has 3 heterocycles. The van der Waals surface area contributed by atoms with Crippen molar-refractivity contribution >= 4 is 51.0 Å². The summed E-state index contributed by atoms with van der Waals surface area (Å²) in [7, 11) is 0. The predicted molar refractivity (Wildman–Crippen MR) is 133 cm³/mol. The van der Waals surface area contributed by atoms with Crippen molar-refractivity contribution < 1.29 is 9.84 Å². The van der Waals surface area contributed by atoms with Gasteiger partial charge in [0.05, 0.1) is 30.9 Å². The van der Waals surface area contributed by atoms with Crippen LogP contribution in [0.4, 0.5) is 17.3 Å². The highest BCUT2D eigenvalue weighted by molar-refractivity contribution is 7.99. The number of para-hydroxylation sites is 1. The molecule has 0 atom stereocenters. The molecule has 10 heteroatoms. The number of nitrogens with zero attached hydrogens (tertiary/aromatic N) is 3. The molecule has 0 amide bonds. The van der Waals surface area contributed by atoms with Gasteiger partial charge in [-0.2, -0.15) is 4.98 Å². The lowest BCUT2D eigenvalue weighted by molar-refractivity contribution is 0.0499. The Kier molecular flexibility index (Phi) is 6.17. The number of nitrogens with one attached hydrogen (secondary N) is 2. The zero-order chi connectivity index (χ0) is 23.5. The standard InChI is InChI=1S/C16H11NS.C8H11N5O3/c1-2-6-12-11(5-1)9-10-15-16(12)17-13-7-3-4-8-14(13)18-15;9-8-11-6-5(7(15)12-8)10-3-13(6)4-16-2-1-14/h1-10,17H;3,14H,1-2,4H2,(H3,9,11,12,15).